The van der Waals surface area contributed by atoms with Gasteiger partial charge in [0.15, 0.2) is 0 Å². The Kier molecular flexibility index (Phi) is 3.01. The lowest BCUT2D eigenvalue weighted by molar-refractivity contribution is 0.276. The molecule has 1 atom stereocenters. The van der Waals surface area contributed by atoms with Crippen LogP contribution in [0.4, 0.5) is 0 Å². The van der Waals surface area contributed by atoms with Gasteiger partial charge in [-0.25, -0.2) is 0 Å². The van der Waals surface area contributed by atoms with E-state index in [1.54, 1.807) is 18.3 Å². The lowest BCUT2D eigenvalue weighted by Crippen LogP contribution is -2.21. The van der Waals surface area contributed by atoms with Gasteiger partial charge in [0.05, 0.1) is 0 Å². The van der Waals surface area contributed by atoms with Crippen LogP contribution in [-0.2, 0) is 0 Å². The third kappa shape index (κ3) is 1.93. The number of aliphatic hydroxyl groups is 1. The molecule has 1 aromatic rings. The lowest BCUT2D eigenvalue weighted by Gasteiger charge is -2.07. The van der Waals surface area contributed by atoms with Crippen molar-refractivity contribution in [3.8, 4) is 0 Å². The Morgan fingerprint density at radius 1 is 1.67 bits per heavy atom. The lowest BCUT2D eigenvalue weighted by atomic mass is 10.1. The highest BCUT2D eigenvalue weighted by Gasteiger charge is 2.07. The maximum absolute atomic E-state index is 11.1. The van der Waals surface area contributed by atoms with E-state index in [0.717, 1.165) is 0 Å². The number of pyridine rings is 1. The second-order valence-electron chi connectivity index (χ2n) is 2.57. The number of nitrogens with two attached hydrogens (primary N) is 1. The Bertz CT molecular complexity index is 295. The van der Waals surface area contributed by atoms with E-state index in [0.29, 0.717) is 12.0 Å². The van der Waals surface area contributed by atoms with Crippen LogP contribution in [0.25, 0.3) is 0 Å². The molecule has 0 saturated carbocycles. The van der Waals surface area contributed by atoms with Crippen molar-refractivity contribution in [2.24, 2.45) is 5.73 Å². The second kappa shape index (κ2) is 4.04. The summed E-state index contributed by atoms with van der Waals surface area (Å²) in [6.45, 7) is -0.00446. The Labute approximate surface area is 70.0 Å². The monoisotopic (exact) mass is 168 g/mol. The molecule has 0 aliphatic rings. The summed E-state index contributed by atoms with van der Waals surface area (Å²) >= 11 is 0. The SMILES string of the molecule is N[C@H](CCO)c1ccc[nH]c1=O. The molecule has 1 aromatic heterocycles. The summed E-state index contributed by atoms with van der Waals surface area (Å²) in [6.07, 6.45) is 1.96. The molecule has 0 fully saturated rings. The molecule has 12 heavy (non-hydrogen) atoms. The van der Waals surface area contributed by atoms with Gasteiger partial charge in [-0.1, -0.05) is 6.07 Å². The molecule has 0 aliphatic heterocycles. The van der Waals surface area contributed by atoms with Gasteiger partial charge in [0.2, 0.25) is 0 Å². The van der Waals surface area contributed by atoms with Gasteiger partial charge in [0, 0.05) is 24.4 Å². The van der Waals surface area contributed by atoms with Crippen LogP contribution in [0.1, 0.15) is 18.0 Å². The Hall–Kier alpha value is -1.13. The van der Waals surface area contributed by atoms with Crippen molar-refractivity contribution in [2.45, 2.75) is 12.5 Å². The van der Waals surface area contributed by atoms with Crippen LogP contribution >= 0.6 is 0 Å². The van der Waals surface area contributed by atoms with Crippen molar-refractivity contribution in [3.05, 3.63) is 34.2 Å². The molecular formula is C8H12N2O2. The third-order valence-corrected chi connectivity index (χ3v) is 1.69. The van der Waals surface area contributed by atoms with E-state index in [4.69, 9.17) is 10.8 Å². The Morgan fingerprint density at radius 3 is 3.00 bits per heavy atom. The van der Waals surface area contributed by atoms with Crippen LogP contribution < -0.4 is 11.3 Å². The van der Waals surface area contributed by atoms with E-state index in [2.05, 4.69) is 4.98 Å². The van der Waals surface area contributed by atoms with Gasteiger partial charge < -0.3 is 15.8 Å². The van der Waals surface area contributed by atoms with Gasteiger partial charge in [-0.05, 0) is 12.5 Å². The standard InChI is InChI=1S/C8H12N2O2/c9-7(3-5-11)6-2-1-4-10-8(6)12/h1-2,4,7,11H,3,5,9H2,(H,10,12)/t7-/m1/s1. The largest absolute Gasteiger partial charge is 0.396 e. The summed E-state index contributed by atoms with van der Waals surface area (Å²) in [4.78, 5) is 13.6. The van der Waals surface area contributed by atoms with E-state index in [-0.39, 0.29) is 18.2 Å². The first-order chi connectivity index (χ1) is 5.75. The topological polar surface area (TPSA) is 79.1 Å². The fraction of sp³-hybridized carbons (Fsp3) is 0.375. The van der Waals surface area contributed by atoms with Crippen LogP contribution in [0, 0.1) is 0 Å². The van der Waals surface area contributed by atoms with Crippen molar-refractivity contribution in [1.29, 1.82) is 0 Å². The molecule has 4 nitrogen and oxygen atoms in total. The summed E-state index contributed by atoms with van der Waals surface area (Å²) in [5, 5.41) is 8.60. The van der Waals surface area contributed by atoms with Gasteiger partial charge in [0.25, 0.3) is 5.56 Å². The van der Waals surface area contributed by atoms with E-state index < -0.39 is 0 Å². The number of aliphatic hydroxyl groups excluding tert-OH is 1. The minimum absolute atomic E-state index is 0.00446. The number of hydrogen-bond acceptors (Lipinski definition) is 3. The van der Waals surface area contributed by atoms with Gasteiger partial charge >= 0.3 is 0 Å². The van der Waals surface area contributed by atoms with Crippen LogP contribution in [0.2, 0.25) is 0 Å². The fourth-order valence-electron chi connectivity index (χ4n) is 1.02. The number of hydrogen-bond donors (Lipinski definition) is 3. The van der Waals surface area contributed by atoms with Crippen LogP contribution in [0.15, 0.2) is 23.1 Å². The van der Waals surface area contributed by atoms with Crippen molar-refractivity contribution in [2.75, 3.05) is 6.61 Å². The van der Waals surface area contributed by atoms with Crippen molar-refractivity contribution >= 4 is 0 Å². The molecule has 0 radical (unpaired) electrons. The first kappa shape index (κ1) is 8.96. The highest BCUT2D eigenvalue weighted by atomic mass is 16.3. The molecule has 1 rings (SSSR count). The zero-order valence-electron chi connectivity index (χ0n) is 6.66. The average Bonchev–Trinajstić information content (AvgIpc) is 2.05. The molecule has 4 heteroatoms. The number of rotatable bonds is 3. The quantitative estimate of drug-likeness (QED) is 0.582. The zero-order chi connectivity index (χ0) is 8.97. The smallest absolute Gasteiger partial charge is 0.252 e. The maximum atomic E-state index is 11.1. The molecule has 0 aromatic carbocycles. The molecule has 66 valence electrons. The maximum Gasteiger partial charge on any atom is 0.252 e. The number of H-pyrrole nitrogens is 1. The van der Waals surface area contributed by atoms with Crippen LogP contribution in [-0.4, -0.2) is 16.7 Å². The van der Waals surface area contributed by atoms with Crippen molar-refractivity contribution < 1.29 is 5.11 Å². The predicted molar refractivity (Wildman–Crippen MR) is 45.7 cm³/mol. The van der Waals surface area contributed by atoms with Crippen molar-refractivity contribution in [1.82, 2.24) is 4.98 Å². The summed E-state index contributed by atoms with van der Waals surface area (Å²) in [6, 6.07) is 3.01. The predicted octanol–water partition coefficient (Wildman–Crippen LogP) is -0.243. The fourth-order valence-corrected chi connectivity index (χ4v) is 1.02. The van der Waals surface area contributed by atoms with Gasteiger partial charge in [-0.3, -0.25) is 4.79 Å². The number of nitrogens with one attached hydrogen (secondary N) is 1. The van der Waals surface area contributed by atoms with E-state index in [1.165, 1.54) is 0 Å². The molecule has 0 bridgehead atoms. The molecular weight excluding hydrogens is 156 g/mol. The van der Waals surface area contributed by atoms with E-state index in [1.807, 2.05) is 0 Å². The first-order valence-electron chi connectivity index (χ1n) is 3.79. The number of aromatic amines is 1. The molecule has 1 heterocycles. The summed E-state index contributed by atoms with van der Waals surface area (Å²) in [5.41, 5.74) is 5.96. The summed E-state index contributed by atoms with van der Waals surface area (Å²) in [7, 11) is 0. The minimum atomic E-state index is -0.375. The highest BCUT2D eigenvalue weighted by molar-refractivity contribution is 5.13. The van der Waals surface area contributed by atoms with Gasteiger partial charge in [-0.15, -0.1) is 0 Å². The third-order valence-electron chi connectivity index (χ3n) is 1.69. The van der Waals surface area contributed by atoms with Crippen LogP contribution in [0.5, 0.6) is 0 Å². The second-order valence-corrected chi connectivity index (χ2v) is 2.57. The van der Waals surface area contributed by atoms with Crippen LogP contribution in [0.3, 0.4) is 0 Å². The average molecular weight is 168 g/mol. The zero-order valence-corrected chi connectivity index (χ0v) is 6.66. The number of aromatic nitrogens is 1. The summed E-state index contributed by atoms with van der Waals surface area (Å²) in [5.74, 6) is 0. The first-order valence-corrected chi connectivity index (χ1v) is 3.79. The van der Waals surface area contributed by atoms with E-state index in [9.17, 15) is 4.79 Å². The molecule has 0 saturated heterocycles. The molecule has 0 unspecified atom stereocenters. The van der Waals surface area contributed by atoms with E-state index >= 15 is 0 Å². The Balaban J connectivity index is 2.87. The van der Waals surface area contributed by atoms with Gasteiger partial charge in [-0.2, -0.15) is 0 Å². The minimum Gasteiger partial charge on any atom is -0.396 e. The molecule has 4 N–H and O–H groups in total. The van der Waals surface area contributed by atoms with Gasteiger partial charge in [0.1, 0.15) is 0 Å². The molecule has 0 aliphatic carbocycles. The molecule has 0 amide bonds. The Morgan fingerprint density at radius 2 is 2.42 bits per heavy atom. The molecule has 0 spiro atoms. The normalized spacial score (nSPS) is 12.8. The summed E-state index contributed by atoms with van der Waals surface area (Å²) < 4.78 is 0. The van der Waals surface area contributed by atoms with Crippen molar-refractivity contribution in [3.63, 3.8) is 0 Å². The highest BCUT2D eigenvalue weighted by Crippen LogP contribution is 2.06.